The Labute approximate surface area is 154 Å². The predicted molar refractivity (Wildman–Crippen MR) is 105 cm³/mol. The third-order valence-corrected chi connectivity index (χ3v) is 4.82. The maximum Gasteiger partial charge on any atom is 0.227 e. The van der Waals surface area contributed by atoms with Gasteiger partial charge in [-0.1, -0.05) is 43.7 Å². The van der Waals surface area contributed by atoms with Gasteiger partial charge in [0.15, 0.2) is 0 Å². The van der Waals surface area contributed by atoms with Gasteiger partial charge in [-0.15, -0.1) is 0 Å². The molecule has 1 unspecified atom stereocenters. The Morgan fingerprint density at radius 3 is 2.58 bits per heavy atom. The summed E-state index contributed by atoms with van der Waals surface area (Å²) in [6, 6.07) is 16.0. The fourth-order valence-electron chi connectivity index (χ4n) is 3.42. The van der Waals surface area contributed by atoms with Crippen LogP contribution in [0.25, 0.3) is 10.9 Å². The number of hydrogen-bond donors (Lipinski definition) is 1. The third kappa shape index (κ3) is 3.74. The molecule has 0 bridgehead atoms. The summed E-state index contributed by atoms with van der Waals surface area (Å²) < 4.78 is 7.28. The number of hydrogen-bond acceptors (Lipinski definition) is 2. The molecular formula is C22H26N2O2. The molecule has 0 saturated heterocycles. The van der Waals surface area contributed by atoms with Crippen LogP contribution in [0.3, 0.4) is 0 Å². The van der Waals surface area contributed by atoms with E-state index in [0.29, 0.717) is 6.54 Å². The lowest BCUT2D eigenvalue weighted by molar-refractivity contribution is -0.122. The molecule has 1 N–H and O–H groups in total. The van der Waals surface area contributed by atoms with Crippen molar-refractivity contribution >= 4 is 16.8 Å². The van der Waals surface area contributed by atoms with Gasteiger partial charge in [-0.2, -0.15) is 0 Å². The highest BCUT2D eigenvalue weighted by Gasteiger charge is 2.23. The van der Waals surface area contributed by atoms with Gasteiger partial charge in [0, 0.05) is 30.7 Å². The average Bonchev–Trinajstić information content (AvgIpc) is 3.01. The van der Waals surface area contributed by atoms with Crippen LogP contribution in [0.2, 0.25) is 0 Å². The molecule has 136 valence electrons. The second-order valence-electron chi connectivity index (χ2n) is 6.62. The van der Waals surface area contributed by atoms with Crippen LogP contribution in [0.4, 0.5) is 0 Å². The Bertz CT molecular complexity index is 881. The zero-order valence-electron chi connectivity index (χ0n) is 15.7. The fourth-order valence-corrected chi connectivity index (χ4v) is 3.42. The Hall–Kier alpha value is -2.75. The van der Waals surface area contributed by atoms with Gasteiger partial charge < -0.3 is 14.6 Å². The molecule has 0 saturated carbocycles. The van der Waals surface area contributed by atoms with Crippen molar-refractivity contribution in [3.8, 4) is 5.75 Å². The molecule has 4 nitrogen and oxygen atoms in total. The van der Waals surface area contributed by atoms with E-state index in [0.717, 1.165) is 40.6 Å². The summed E-state index contributed by atoms with van der Waals surface area (Å²) in [5.74, 6) is 0.767. The highest BCUT2D eigenvalue weighted by atomic mass is 16.5. The Kier molecular flexibility index (Phi) is 5.61. The van der Waals surface area contributed by atoms with E-state index in [2.05, 4.69) is 35.1 Å². The average molecular weight is 350 g/mol. The van der Waals surface area contributed by atoms with E-state index in [1.54, 1.807) is 7.11 Å². The van der Waals surface area contributed by atoms with Crippen LogP contribution < -0.4 is 10.1 Å². The van der Waals surface area contributed by atoms with E-state index in [1.165, 1.54) is 0 Å². The van der Waals surface area contributed by atoms with E-state index >= 15 is 0 Å². The fraction of sp³-hybridized carbons (Fsp3) is 0.318. The quantitative estimate of drug-likeness (QED) is 0.687. The number of fused-ring (bicyclic) bond motifs is 1. The molecule has 1 aromatic heterocycles. The SMILES string of the molecule is CCCC(C(=O)NCc1ccc(OC)cc1)c1cn(C)c2ccccc12. The van der Waals surface area contributed by atoms with Gasteiger partial charge in [0.25, 0.3) is 0 Å². The second kappa shape index (κ2) is 8.09. The van der Waals surface area contributed by atoms with Gasteiger partial charge in [-0.05, 0) is 35.7 Å². The molecule has 1 amide bonds. The molecule has 1 atom stereocenters. The summed E-state index contributed by atoms with van der Waals surface area (Å²) in [6.45, 7) is 2.64. The van der Waals surface area contributed by atoms with Crippen LogP contribution in [0.15, 0.2) is 54.7 Å². The molecule has 3 aromatic rings. The molecule has 0 fully saturated rings. The van der Waals surface area contributed by atoms with Gasteiger partial charge in [0.2, 0.25) is 5.91 Å². The minimum absolute atomic E-state index is 0.0824. The lowest BCUT2D eigenvalue weighted by Crippen LogP contribution is -2.29. The van der Waals surface area contributed by atoms with Crippen LogP contribution in [0.1, 0.15) is 36.8 Å². The molecule has 1 heterocycles. The van der Waals surface area contributed by atoms with Crippen molar-refractivity contribution in [3.63, 3.8) is 0 Å². The van der Waals surface area contributed by atoms with Gasteiger partial charge >= 0.3 is 0 Å². The number of rotatable bonds is 7. The van der Waals surface area contributed by atoms with Crippen molar-refractivity contribution in [2.24, 2.45) is 7.05 Å². The van der Waals surface area contributed by atoms with Crippen molar-refractivity contribution < 1.29 is 9.53 Å². The highest BCUT2D eigenvalue weighted by Crippen LogP contribution is 2.30. The smallest absolute Gasteiger partial charge is 0.227 e. The molecule has 0 aliphatic carbocycles. The molecule has 0 spiro atoms. The largest absolute Gasteiger partial charge is 0.497 e. The number of carbonyl (C=O) groups excluding carboxylic acids is 1. The topological polar surface area (TPSA) is 43.3 Å². The molecule has 4 heteroatoms. The van der Waals surface area contributed by atoms with Gasteiger partial charge in [-0.3, -0.25) is 4.79 Å². The minimum Gasteiger partial charge on any atom is -0.497 e. The van der Waals surface area contributed by atoms with Crippen LogP contribution in [0, 0.1) is 0 Å². The number of amides is 1. The first-order valence-corrected chi connectivity index (χ1v) is 9.08. The van der Waals surface area contributed by atoms with Crippen molar-refractivity contribution in [2.45, 2.75) is 32.2 Å². The molecule has 26 heavy (non-hydrogen) atoms. The number of carbonyl (C=O) groups is 1. The van der Waals surface area contributed by atoms with Gasteiger partial charge in [0.05, 0.1) is 13.0 Å². The first-order chi connectivity index (χ1) is 12.6. The number of ether oxygens (including phenoxy) is 1. The second-order valence-corrected chi connectivity index (χ2v) is 6.62. The zero-order chi connectivity index (χ0) is 18.5. The number of aryl methyl sites for hydroxylation is 1. The summed E-state index contributed by atoms with van der Waals surface area (Å²) in [5, 5.41) is 4.26. The number of aromatic nitrogens is 1. The maximum absolute atomic E-state index is 12.9. The van der Waals surface area contributed by atoms with E-state index in [1.807, 2.05) is 43.4 Å². The van der Waals surface area contributed by atoms with Gasteiger partial charge in [0.1, 0.15) is 5.75 Å². The number of nitrogens with zero attached hydrogens (tertiary/aromatic N) is 1. The minimum atomic E-state index is -0.135. The van der Waals surface area contributed by atoms with Crippen LogP contribution in [-0.2, 0) is 18.4 Å². The Balaban J connectivity index is 1.79. The van der Waals surface area contributed by atoms with E-state index < -0.39 is 0 Å². The van der Waals surface area contributed by atoms with Crippen molar-refractivity contribution in [2.75, 3.05) is 7.11 Å². The standard InChI is InChI=1S/C22H26N2O2/c1-4-7-19(20-15-24(2)21-9-6-5-8-18(20)21)22(25)23-14-16-10-12-17(26-3)13-11-16/h5-6,8-13,15,19H,4,7,14H2,1-3H3,(H,23,25). The highest BCUT2D eigenvalue weighted by molar-refractivity contribution is 5.92. The van der Waals surface area contributed by atoms with Crippen molar-refractivity contribution in [1.82, 2.24) is 9.88 Å². The van der Waals surface area contributed by atoms with Crippen molar-refractivity contribution in [3.05, 3.63) is 65.9 Å². The summed E-state index contributed by atoms with van der Waals surface area (Å²) >= 11 is 0. The molecule has 0 aliphatic rings. The summed E-state index contributed by atoms with van der Waals surface area (Å²) in [6.07, 6.45) is 3.89. The molecular weight excluding hydrogens is 324 g/mol. The Morgan fingerprint density at radius 1 is 1.15 bits per heavy atom. The lowest BCUT2D eigenvalue weighted by Gasteiger charge is -2.16. The molecule has 3 rings (SSSR count). The van der Waals surface area contributed by atoms with Crippen LogP contribution in [-0.4, -0.2) is 17.6 Å². The first-order valence-electron chi connectivity index (χ1n) is 9.08. The normalized spacial score (nSPS) is 12.1. The summed E-state index contributed by atoms with van der Waals surface area (Å²) in [4.78, 5) is 12.9. The summed E-state index contributed by atoms with van der Waals surface area (Å²) in [5.41, 5.74) is 3.33. The molecule has 2 aromatic carbocycles. The van der Waals surface area contributed by atoms with Crippen LogP contribution >= 0.6 is 0 Å². The van der Waals surface area contributed by atoms with E-state index in [9.17, 15) is 4.79 Å². The molecule has 0 aliphatic heterocycles. The number of methoxy groups -OCH3 is 1. The van der Waals surface area contributed by atoms with E-state index in [-0.39, 0.29) is 11.8 Å². The number of para-hydroxylation sites is 1. The van der Waals surface area contributed by atoms with Crippen LogP contribution in [0.5, 0.6) is 5.75 Å². The molecule has 0 radical (unpaired) electrons. The zero-order valence-corrected chi connectivity index (χ0v) is 15.7. The van der Waals surface area contributed by atoms with Crippen molar-refractivity contribution in [1.29, 1.82) is 0 Å². The monoisotopic (exact) mass is 350 g/mol. The van der Waals surface area contributed by atoms with Gasteiger partial charge in [-0.25, -0.2) is 0 Å². The number of nitrogens with one attached hydrogen (secondary N) is 1. The van der Waals surface area contributed by atoms with E-state index in [4.69, 9.17) is 4.74 Å². The Morgan fingerprint density at radius 2 is 1.88 bits per heavy atom. The predicted octanol–water partition coefficient (Wildman–Crippen LogP) is 4.39. The summed E-state index contributed by atoms with van der Waals surface area (Å²) in [7, 11) is 3.68. The third-order valence-electron chi connectivity index (χ3n) is 4.82. The first kappa shape index (κ1) is 18.1. The maximum atomic E-state index is 12.9. The lowest BCUT2D eigenvalue weighted by atomic mass is 9.93. The number of benzene rings is 2.